The van der Waals surface area contributed by atoms with Gasteiger partial charge in [-0.25, -0.2) is 14.4 Å². The number of methoxy groups -OCH3 is 1. The van der Waals surface area contributed by atoms with Crippen molar-refractivity contribution >= 4 is 22.5 Å². The van der Waals surface area contributed by atoms with Gasteiger partial charge in [0.15, 0.2) is 0 Å². The van der Waals surface area contributed by atoms with Crippen molar-refractivity contribution in [1.82, 2.24) is 25.1 Å². The number of anilines is 1. The highest BCUT2D eigenvalue weighted by molar-refractivity contribution is 6.07. The van der Waals surface area contributed by atoms with E-state index in [-0.39, 0.29) is 11.7 Å². The molecule has 3 aromatic heterocycles. The first-order valence-corrected chi connectivity index (χ1v) is 11.5. The van der Waals surface area contributed by atoms with Crippen LogP contribution in [-0.2, 0) is 0 Å². The lowest BCUT2D eigenvalue weighted by atomic mass is 10.0. The third-order valence-corrected chi connectivity index (χ3v) is 6.29. The maximum atomic E-state index is 14.6. The fourth-order valence-electron chi connectivity index (χ4n) is 4.25. The van der Waals surface area contributed by atoms with Crippen LogP contribution in [0.3, 0.4) is 0 Å². The van der Waals surface area contributed by atoms with Crippen LogP contribution in [0.25, 0.3) is 33.4 Å². The van der Waals surface area contributed by atoms with E-state index >= 15 is 0 Å². The normalized spacial score (nSPS) is 13.1. The number of pyridine rings is 1. The van der Waals surface area contributed by atoms with Crippen molar-refractivity contribution in [3.8, 4) is 28.3 Å². The van der Waals surface area contributed by atoms with Gasteiger partial charge in [0.2, 0.25) is 0 Å². The zero-order valence-corrected chi connectivity index (χ0v) is 19.3. The topological polar surface area (TPSA) is 106 Å². The van der Waals surface area contributed by atoms with Gasteiger partial charge in [0, 0.05) is 40.4 Å². The molecule has 6 rings (SSSR count). The third-order valence-electron chi connectivity index (χ3n) is 6.29. The number of carbonyl (C=O) groups is 1. The molecule has 0 unspecified atom stereocenters. The highest BCUT2D eigenvalue weighted by atomic mass is 19.1. The Labute approximate surface area is 205 Å². The van der Waals surface area contributed by atoms with E-state index in [1.54, 1.807) is 48.8 Å². The minimum Gasteiger partial charge on any atom is -0.494 e. The van der Waals surface area contributed by atoms with Crippen LogP contribution in [-0.4, -0.2) is 38.2 Å². The Morgan fingerprint density at radius 3 is 2.67 bits per heavy atom. The molecule has 8 nitrogen and oxygen atoms in total. The number of aromatic nitrogens is 5. The molecule has 1 aliphatic rings. The summed E-state index contributed by atoms with van der Waals surface area (Å²) in [6.45, 7) is 0. The summed E-state index contributed by atoms with van der Waals surface area (Å²) in [4.78, 5) is 26.3. The number of rotatable bonds is 6. The molecular formula is C27H21FN6O2. The summed E-state index contributed by atoms with van der Waals surface area (Å²) in [6, 6.07) is 13.6. The molecule has 0 atom stereocenters. The Kier molecular flexibility index (Phi) is 5.37. The zero-order valence-electron chi connectivity index (χ0n) is 19.3. The zero-order chi connectivity index (χ0) is 24.6. The summed E-state index contributed by atoms with van der Waals surface area (Å²) in [5, 5.41) is 10.6. The van der Waals surface area contributed by atoms with E-state index < -0.39 is 0 Å². The van der Waals surface area contributed by atoms with Crippen molar-refractivity contribution < 1.29 is 13.9 Å². The Balaban J connectivity index is 1.40. The average molecular weight is 481 g/mol. The van der Waals surface area contributed by atoms with Crippen molar-refractivity contribution in [1.29, 1.82) is 0 Å². The van der Waals surface area contributed by atoms with Crippen molar-refractivity contribution in [2.75, 3.05) is 12.4 Å². The van der Waals surface area contributed by atoms with E-state index in [1.807, 2.05) is 6.07 Å². The Hall–Kier alpha value is -4.66. The smallest absolute Gasteiger partial charge is 0.257 e. The summed E-state index contributed by atoms with van der Waals surface area (Å²) in [5.74, 6) is 0.274. The number of benzene rings is 2. The first-order chi connectivity index (χ1) is 17.6. The maximum absolute atomic E-state index is 14.6. The average Bonchev–Trinajstić information content (AvgIpc) is 3.65. The van der Waals surface area contributed by atoms with E-state index in [0.717, 1.165) is 18.5 Å². The van der Waals surface area contributed by atoms with Gasteiger partial charge in [0.05, 0.1) is 41.5 Å². The fourth-order valence-corrected chi connectivity index (χ4v) is 4.25. The summed E-state index contributed by atoms with van der Waals surface area (Å²) < 4.78 is 20.1. The number of nitrogens with zero attached hydrogens (tertiary/aromatic N) is 4. The lowest BCUT2D eigenvalue weighted by molar-refractivity contribution is 0.102. The van der Waals surface area contributed by atoms with Crippen LogP contribution in [0.2, 0.25) is 0 Å². The monoisotopic (exact) mass is 480 g/mol. The minimum atomic E-state index is -0.378. The van der Waals surface area contributed by atoms with Crippen LogP contribution in [0.4, 0.5) is 10.1 Å². The molecule has 36 heavy (non-hydrogen) atoms. The SMILES string of the molecule is COc1cc2ncnc(-c3cn[nH]c3-c3ccccc3F)c2cc1NC(=O)c1ccc(C2CC2)nc1. The number of hydrogen-bond acceptors (Lipinski definition) is 6. The van der Waals surface area contributed by atoms with Gasteiger partial charge in [-0.05, 0) is 43.2 Å². The van der Waals surface area contributed by atoms with Crippen LogP contribution in [0, 0.1) is 5.82 Å². The highest BCUT2D eigenvalue weighted by Crippen LogP contribution is 2.39. The molecule has 2 N–H and O–H groups in total. The standard InChI is InChI=1S/C27H21FN6O2/c1-36-24-11-22-18(10-23(24)33-27(35)16-8-9-21(29-12-16)15-6-7-15)25(31-14-30-22)19-13-32-34-26(19)17-4-2-3-5-20(17)28/h2-5,8-15H,6-7H2,1H3,(H,32,34)(H,33,35). The quantitative estimate of drug-likeness (QED) is 0.339. The van der Waals surface area contributed by atoms with Crippen molar-refractivity contribution in [3.63, 3.8) is 0 Å². The van der Waals surface area contributed by atoms with Gasteiger partial charge in [0.25, 0.3) is 5.91 Å². The van der Waals surface area contributed by atoms with Gasteiger partial charge in [-0.15, -0.1) is 0 Å². The molecule has 0 spiro atoms. The maximum Gasteiger partial charge on any atom is 0.257 e. The summed E-state index contributed by atoms with van der Waals surface area (Å²) in [5.41, 5.74) is 4.54. The van der Waals surface area contributed by atoms with Crippen molar-refractivity contribution in [2.24, 2.45) is 0 Å². The number of carbonyl (C=O) groups excluding carboxylic acids is 1. The van der Waals surface area contributed by atoms with Crippen LogP contribution in [0.5, 0.6) is 5.75 Å². The van der Waals surface area contributed by atoms with E-state index in [2.05, 4.69) is 30.5 Å². The molecule has 1 aliphatic carbocycles. The Morgan fingerprint density at radius 2 is 1.92 bits per heavy atom. The summed E-state index contributed by atoms with van der Waals surface area (Å²) in [6.07, 6.45) is 6.91. The number of halogens is 1. The first-order valence-electron chi connectivity index (χ1n) is 11.5. The van der Waals surface area contributed by atoms with Crippen LogP contribution >= 0.6 is 0 Å². The molecular weight excluding hydrogens is 459 g/mol. The van der Waals surface area contributed by atoms with Crippen molar-refractivity contribution in [2.45, 2.75) is 18.8 Å². The molecule has 9 heteroatoms. The molecule has 0 aliphatic heterocycles. The molecule has 0 saturated heterocycles. The van der Waals surface area contributed by atoms with Crippen molar-refractivity contribution in [3.05, 3.63) is 84.3 Å². The lowest BCUT2D eigenvalue weighted by Gasteiger charge is -2.13. The summed E-state index contributed by atoms with van der Waals surface area (Å²) in [7, 11) is 1.53. The van der Waals surface area contributed by atoms with E-state index in [4.69, 9.17) is 4.74 Å². The van der Waals surface area contributed by atoms with Gasteiger partial charge >= 0.3 is 0 Å². The largest absolute Gasteiger partial charge is 0.494 e. The predicted molar refractivity (Wildman–Crippen MR) is 133 cm³/mol. The fraction of sp³-hybridized carbons (Fsp3) is 0.148. The molecule has 1 saturated carbocycles. The second kappa shape index (κ2) is 8.84. The molecule has 2 aromatic carbocycles. The van der Waals surface area contributed by atoms with E-state index in [0.29, 0.717) is 56.3 Å². The molecule has 0 bridgehead atoms. The third kappa shape index (κ3) is 3.94. The molecule has 178 valence electrons. The van der Waals surface area contributed by atoms with Gasteiger partial charge < -0.3 is 10.1 Å². The first kappa shape index (κ1) is 21.8. The van der Waals surface area contributed by atoms with E-state index in [9.17, 15) is 9.18 Å². The second-order valence-corrected chi connectivity index (χ2v) is 8.63. The van der Waals surface area contributed by atoms with Gasteiger partial charge in [-0.2, -0.15) is 5.10 Å². The van der Waals surface area contributed by atoms with Crippen LogP contribution in [0.1, 0.15) is 34.8 Å². The molecule has 1 fully saturated rings. The number of hydrogen-bond donors (Lipinski definition) is 2. The van der Waals surface area contributed by atoms with Gasteiger partial charge in [-0.1, -0.05) is 12.1 Å². The number of nitrogens with one attached hydrogen (secondary N) is 2. The predicted octanol–water partition coefficient (Wildman–Crippen LogP) is 5.36. The number of fused-ring (bicyclic) bond motifs is 1. The number of aromatic amines is 1. The number of H-pyrrole nitrogens is 1. The highest BCUT2D eigenvalue weighted by Gasteiger charge is 2.25. The molecule has 1 amide bonds. The Morgan fingerprint density at radius 1 is 1.06 bits per heavy atom. The minimum absolute atomic E-state index is 0.309. The second-order valence-electron chi connectivity index (χ2n) is 8.63. The number of ether oxygens (including phenoxy) is 1. The molecule has 3 heterocycles. The van der Waals surface area contributed by atoms with Crippen LogP contribution in [0.15, 0.2) is 67.3 Å². The van der Waals surface area contributed by atoms with Crippen LogP contribution < -0.4 is 10.1 Å². The van der Waals surface area contributed by atoms with Gasteiger partial charge in [0.1, 0.15) is 17.9 Å². The van der Waals surface area contributed by atoms with Gasteiger partial charge in [-0.3, -0.25) is 14.9 Å². The molecule has 0 radical (unpaired) electrons. The van der Waals surface area contributed by atoms with E-state index in [1.165, 1.54) is 19.5 Å². The Bertz CT molecular complexity index is 1590. The lowest BCUT2D eigenvalue weighted by Crippen LogP contribution is -2.13. The number of amides is 1. The summed E-state index contributed by atoms with van der Waals surface area (Å²) >= 11 is 0. The molecule has 5 aromatic rings.